The Balaban J connectivity index is 2.15. The van der Waals surface area contributed by atoms with E-state index in [1.165, 1.54) is 0 Å². The fourth-order valence-electron chi connectivity index (χ4n) is 2.24. The molecule has 1 fully saturated rings. The third kappa shape index (κ3) is 1.29. The third-order valence-electron chi connectivity index (χ3n) is 3.12. The summed E-state index contributed by atoms with van der Waals surface area (Å²) in [5.41, 5.74) is 1.49. The Hall–Kier alpha value is -1.60. The van der Waals surface area contributed by atoms with E-state index in [0.717, 1.165) is 11.1 Å². The molecule has 1 heteroatoms. The van der Waals surface area contributed by atoms with Crippen LogP contribution in [-0.2, 0) is 10.3 Å². The van der Waals surface area contributed by atoms with Crippen LogP contribution in [0.1, 0.15) is 19.4 Å². The van der Waals surface area contributed by atoms with Crippen LogP contribution in [0.5, 0.6) is 0 Å². The quantitative estimate of drug-likeness (QED) is 0.694. The van der Waals surface area contributed by atoms with E-state index in [1.54, 1.807) is 0 Å². The molecular formula is C15H14O. The van der Waals surface area contributed by atoms with Crippen molar-refractivity contribution in [2.75, 3.05) is 0 Å². The van der Waals surface area contributed by atoms with Gasteiger partial charge in [0.25, 0.3) is 0 Å². The van der Waals surface area contributed by atoms with Crippen LogP contribution in [0, 0.1) is 0 Å². The monoisotopic (exact) mass is 211 g/mol. The Kier molecular flexibility index (Phi) is 1.85. The lowest BCUT2D eigenvalue weighted by Crippen LogP contribution is -2.13. The zero-order valence-corrected chi connectivity index (χ0v) is 9.18. The van der Waals surface area contributed by atoms with Crippen LogP contribution >= 0.6 is 0 Å². The molecule has 1 atom stereocenters. The van der Waals surface area contributed by atoms with Gasteiger partial charge in [-0.05, 0) is 18.1 Å². The average molecular weight is 211 g/mol. The fourth-order valence-corrected chi connectivity index (χ4v) is 2.24. The molecule has 0 radical (unpaired) electrons. The van der Waals surface area contributed by atoms with Gasteiger partial charge in [0, 0.05) is 0 Å². The summed E-state index contributed by atoms with van der Waals surface area (Å²) in [4.78, 5) is 0. The molecule has 1 heterocycles. The second-order valence-electron chi connectivity index (χ2n) is 4.07. The number of ether oxygens (including phenoxy) is 1. The topological polar surface area (TPSA) is 12.5 Å². The summed E-state index contributed by atoms with van der Waals surface area (Å²) >= 11 is 0. The molecule has 1 saturated heterocycles. The fraction of sp³-hybridized carbons (Fsp3) is 0.200. The van der Waals surface area contributed by atoms with Crippen LogP contribution in [0.2, 0.25) is 0 Å². The van der Waals surface area contributed by atoms with Gasteiger partial charge in [-0.1, -0.05) is 60.7 Å². The summed E-state index contributed by atoms with van der Waals surface area (Å²) in [5.74, 6) is 0. The maximum atomic E-state index is 8.21. The number of rotatable bonds is 2. The van der Waals surface area contributed by atoms with E-state index in [0.29, 0.717) is 0 Å². The summed E-state index contributed by atoms with van der Waals surface area (Å²) in [7, 11) is 0. The van der Waals surface area contributed by atoms with Gasteiger partial charge in [0.1, 0.15) is 5.60 Å². The van der Waals surface area contributed by atoms with Gasteiger partial charge in [-0.2, -0.15) is 0 Å². The Morgan fingerprint density at radius 3 is 1.62 bits per heavy atom. The van der Waals surface area contributed by atoms with Crippen molar-refractivity contribution in [3.63, 3.8) is 0 Å². The van der Waals surface area contributed by atoms with Gasteiger partial charge in [-0.25, -0.2) is 0 Å². The van der Waals surface area contributed by atoms with E-state index in [1.807, 2.05) is 67.6 Å². The Morgan fingerprint density at radius 1 is 0.938 bits per heavy atom. The maximum Gasteiger partial charge on any atom is 0.144 e. The molecule has 0 spiro atoms. The zero-order chi connectivity index (χ0) is 11.9. The molecular weight excluding hydrogens is 196 g/mol. The molecule has 0 aliphatic carbocycles. The summed E-state index contributed by atoms with van der Waals surface area (Å²) < 4.78 is 13.9. The number of epoxide rings is 1. The lowest BCUT2D eigenvalue weighted by molar-refractivity contribution is 0.332. The highest BCUT2D eigenvalue weighted by molar-refractivity contribution is 5.42. The minimum atomic E-state index is -0.879. The second-order valence-corrected chi connectivity index (χ2v) is 4.07. The van der Waals surface area contributed by atoms with Gasteiger partial charge in [0.15, 0.2) is 0 Å². The Labute approximate surface area is 97.1 Å². The molecule has 1 aliphatic rings. The Morgan fingerprint density at radius 2 is 1.31 bits per heavy atom. The van der Waals surface area contributed by atoms with Crippen LogP contribution in [0.15, 0.2) is 60.7 Å². The van der Waals surface area contributed by atoms with Gasteiger partial charge in [-0.15, -0.1) is 0 Å². The second kappa shape index (κ2) is 3.46. The third-order valence-corrected chi connectivity index (χ3v) is 3.12. The SMILES string of the molecule is [2H]C1(C)OC1(c1ccccc1)c1ccccc1. The largest absolute Gasteiger partial charge is 0.356 e. The minimum absolute atomic E-state index is 0.602. The highest BCUT2D eigenvalue weighted by Gasteiger charge is 2.55. The van der Waals surface area contributed by atoms with E-state index in [9.17, 15) is 0 Å². The lowest BCUT2D eigenvalue weighted by atomic mass is 9.88. The van der Waals surface area contributed by atoms with E-state index < -0.39 is 11.7 Å². The lowest BCUT2D eigenvalue weighted by Gasteiger charge is -2.13. The van der Waals surface area contributed by atoms with Crippen molar-refractivity contribution in [2.24, 2.45) is 0 Å². The predicted molar refractivity (Wildman–Crippen MR) is 64.2 cm³/mol. The standard InChI is InChI=1S/C15H14O/c1-12-15(16-12,13-8-4-2-5-9-13)14-10-6-3-7-11-14/h2-12H,1H3/i12D. The molecule has 3 rings (SSSR count). The molecule has 0 amide bonds. The molecule has 80 valence electrons. The van der Waals surface area contributed by atoms with Crippen molar-refractivity contribution in [2.45, 2.75) is 18.6 Å². The van der Waals surface area contributed by atoms with Crippen molar-refractivity contribution in [3.8, 4) is 0 Å². The molecule has 1 aliphatic heterocycles. The van der Waals surface area contributed by atoms with Gasteiger partial charge in [0.2, 0.25) is 0 Å². The van der Waals surface area contributed by atoms with E-state index in [2.05, 4.69) is 0 Å². The molecule has 1 unspecified atom stereocenters. The van der Waals surface area contributed by atoms with Crippen molar-refractivity contribution in [1.82, 2.24) is 0 Å². The normalized spacial score (nSPS) is 27.2. The summed E-state index contributed by atoms with van der Waals surface area (Å²) in [6.07, 6.45) is -0.879. The molecule has 0 aromatic heterocycles. The van der Waals surface area contributed by atoms with Crippen LogP contribution in [0.3, 0.4) is 0 Å². The Bertz CT molecular complexity index is 480. The van der Waals surface area contributed by atoms with Crippen LogP contribution in [-0.4, -0.2) is 6.08 Å². The van der Waals surface area contributed by atoms with Crippen LogP contribution in [0.25, 0.3) is 0 Å². The molecule has 0 saturated carbocycles. The first-order valence-electron chi connectivity index (χ1n) is 5.98. The molecule has 2 aromatic rings. The minimum Gasteiger partial charge on any atom is -0.356 e. The number of benzene rings is 2. The van der Waals surface area contributed by atoms with E-state index in [4.69, 9.17) is 6.11 Å². The molecule has 16 heavy (non-hydrogen) atoms. The van der Waals surface area contributed by atoms with Crippen molar-refractivity contribution in [1.29, 1.82) is 0 Å². The van der Waals surface area contributed by atoms with Gasteiger partial charge < -0.3 is 4.74 Å². The molecule has 1 nitrogen and oxygen atoms in total. The smallest absolute Gasteiger partial charge is 0.144 e. The van der Waals surface area contributed by atoms with Crippen molar-refractivity contribution < 1.29 is 6.11 Å². The first kappa shape index (κ1) is 8.54. The van der Waals surface area contributed by atoms with E-state index in [-0.39, 0.29) is 0 Å². The van der Waals surface area contributed by atoms with Gasteiger partial charge >= 0.3 is 0 Å². The maximum absolute atomic E-state index is 8.21. The van der Waals surface area contributed by atoms with E-state index >= 15 is 0 Å². The highest BCUT2D eigenvalue weighted by Crippen LogP contribution is 2.51. The zero-order valence-electron chi connectivity index (χ0n) is 10.2. The number of hydrogen-bond acceptors (Lipinski definition) is 1. The summed E-state index contributed by atoms with van der Waals surface area (Å²) in [5, 5.41) is 0. The average Bonchev–Trinajstić information content (AvgIpc) is 2.96. The highest BCUT2D eigenvalue weighted by atomic mass is 16.6. The van der Waals surface area contributed by atoms with Crippen molar-refractivity contribution >= 4 is 0 Å². The van der Waals surface area contributed by atoms with Gasteiger partial charge in [0.05, 0.1) is 7.45 Å². The van der Waals surface area contributed by atoms with Gasteiger partial charge in [-0.3, -0.25) is 0 Å². The van der Waals surface area contributed by atoms with Crippen molar-refractivity contribution in [3.05, 3.63) is 71.8 Å². The van der Waals surface area contributed by atoms with Crippen LogP contribution in [0.4, 0.5) is 0 Å². The van der Waals surface area contributed by atoms with Crippen LogP contribution < -0.4 is 0 Å². The summed E-state index contributed by atoms with van der Waals surface area (Å²) in [6.45, 7) is 1.81. The predicted octanol–water partition coefficient (Wildman–Crippen LogP) is 3.35. The molecule has 2 aromatic carbocycles. The first-order valence-corrected chi connectivity index (χ1v) is 5.48. The summed E-state index contributed by atoms with van der Waals surface area (Å²) in [6, 6.07) is 20.0. The first-order chi connectivity index (χ1) is 8.17. The molecule has 0 N–H and O–H groups in total. The number of hydrogen-bond donors (Lipinski definition) is 0. The molecule has 0 bridgehead atoms.